The Labute approximate surface area is 93.6 Å². The molecule has 84 valence electrons. The zero-order valence-electron chi connectivity index (χ0n) is 10.3. The molecule has 0 aromatic rings. The Morgan fingerprint density at radius 2 is 1.93 bits per heavy atom. The maximum atomic E-state index is 11.7. The Bertz CT molecular complexity index is 269. The van der Waals surface area contributed by atoms with E-state index in [1.807, 2.05) is 52.0 Å². The van der Waals surface area contributed by atoms with Gasteiger partial charge in [0.25, 0.3) is 0 Å². The van der Waals surface area contributed by atoms with Crippen molar-refractivity contribution in [2.75, 3.05) is 0 Å². The fraction of sp³-hybridized carbons (Fsp3) is 0.500. The first-order valence-corrected chi connectivity index (χ1v) is 5.50. The Balaban J connectivity index is 4.43. The van der Waals surface area contributed by atoms with Crippen molar-refractivity contribution in [3.05, 3.63) is 36.5 Å². The van der Waals surface area contributed by atoms with Crippen LogP contribution in [0.15, 0.2) is 36.5 Å². The molecule has 0 heterocycles. The summed E-state index contributed by atoms with van der Waals surface area (Å²) < 4.78 is 0. The van der Waals surface area contributed by atoms with Gasteiger partial charge in [0.05, 0.1) is 0 Å². The molecule has 15 heavy (non-hydrogen) atoms. The molecule has 0 fully saturated rings. The van der Waals surface area contributed by atoms with Crippen LogP contribution in [0.3, 0.4) is 0 Å². The molecule has 1 nitrogen and oxygen atoms in total. The van der Waals surface area contributed by atoms with Crippen molar-refractivity contribution in [3.63, 3.8) is 0 Å². The molecule has 0 aromatic heterocycles. The van der Waals surface area contributed by atoms with Gasteiger partial charge in [-0.3, -0.25) is 4.79 Å². The second-order valence-electron chi connectivity index (χ2n) is 4.13. The van der Waals surface area contributed by atoms with Gasteiger partial charge in [-0.1, -0.05) is 51.7 Å². The van der Waals surface area contributed by atoms with Crippen molar-refractivity contribution < 1.29 is 4.79 Å². The summed E-state index contributed by atoms with van der Waals surface area (Å²) in [5, 5.41) is 0. The Morgan fingerprint density at radius 1 is 1.33 bits per heavy atom. The van der Waals surface area contributed by atoms with E-state index in [-0.39, 0.29) is 11.8 Å². The van der Waals surface area contributed by atoms with Crippen LogP contribution in [0.1, 0.15) is 34.1 Å². The number of carbonyl (C=O) groups excluding carboxylic acids is 1. The molecule has 0 aliphatic rings. The van der Waals surface area contributed by atoms with Crippen molar-refractivity contribution in [2.45, 2.75) is 34.1 Å². The molecule has 0 N–H and O–H groups in total. The van der Waals surface area contributed by atoms with E-state index in [9.17, 15) is 4.79 Å². The van der Waals surface area contributed by atoms with Gasteiger partial charge in [-0.15, -0.1) is 0 Å². The van der Waals surface area contributed by atoms with E-state index in [0.717, 1.165) is 12.0 Å². The minimum Gasteiger partial charge on any atom is -0.299 e. The smallest absolute Gasteiger partial charge is 0.138 e. The summed E-state index contributed by atoms with van der Waals surface area (Å²) in [5.41, 5.74) is 1.12. The molecule has 0 bridgehead atoms. The highest BCUT2D eigenvalue weighted by Gasteiger charge is 2.16. The molecule has 0 radical (unpaired) electrons. The lowest BCUT2D eigenvalue weighted by molar-refractivity contribution is -0.125. The summed E-state index contributed by atoms with van der Waals surface area (Å²) in [6.45, 7) is 11.6. The first-order chi connectivity index (χ1) is 7.02. The van der Waals surface area contributed by atoms with Gasteiger partial charge in [-0.2, -0.15) is 0 Å². The van der Waals surface area contributed by atoms with Gasteiger partial charge in [0.15, 0.2) is 0 Å². The molecule has 0 rings (SSSR count). The van der Waals surface area contributed by atoms with Gasteiger partial charge in [-0.25, -0.2) is 0 Å². The lowest BCUT2D eigenvalue weighted by atomic mass is 9.91. The number of ketones is 1. The van der Waals surface area contributed by atoms with Gasteiger partial charge in [0, 0.05) is 11.8 Å². The minimum atomic E-state index is 0.0829. The number of Topliss-reactive ketones (excluding diaryl/α,β-unsaturated/α-hetero) is 1. The van der Waals surface area contributed by atoms with Gasteiger partial charge in [0.2, 0.25) is 0 Å². The van der Waals surface area contributed by atoms with Crippen LogP contribution in [0.5, 0.6) is 0 Å². The number of carbonyl (C=O) groups is 1. The molecule has 0 aliphatic carbocycles. The molecule has 1 unspecified atom stereocenters. The highest BCUT2D eigenvalue weighted by molar-refractivity contribution is 5.82. The lowest BCUT2D eigenvalue weighted by Crippen LogP contribution is -2.17. The molecule has 1 atom stereocenters. The second-order valence-corrected chi connectivity index (χ2v) is 4.13. The van der Waals surface area contributed by atoms with Crippen molar-refractivity contribution >= 4 is 5.78 Å². The van der Waals surface area contributed by atoms with Crippen LogP contribution in [-0.2, 0) is 4.79 Å². The maximum absolute atomic E-state index is 11.7. The molecule has 0 aliphatic heterocycles. The summed E-state index contributed by atoms with van der Waals surface area (Å²) in [7, 11) is 0. The van der Waals surface area contributed by atoms with Crippen molar-refractivity contribution in [3.8, 4) is 0 Å². The molecule has 0 amide bonds. The minimum absolute atomic E-state index is 0.0829. The van der Waals surface area contributed by atoms with Gasteiger partial charge >= 0.3 is 0 Å². The lowest BCUT2D eigenvalue weighted by Gasteiger charge is -2.13. The summed E-state index contributed by atoms with van der Waals surface area (Å²) in [6.07, 6.45) is 8.56. The summed E-state index contributed by atoms with van der Waals surface area (Å²) >= 11 is 0. The normalized spacial score (nSPS) is 14.6. The highest BCUT2D eigenvalue weighted by Crippen LogP contribution is 2.16. The van der Waals surface area contributed by atoms with Crippen LogP contribution in [0.4, 0.5) is 0 Å². The summed E-state index contributed by atoms with van der Waals surface area (Å²) in [4.78, 5) is 11.7. The Kier molecular flexibility index (Phi) is 6.68. The summed E-state index contributed by atoms with van der Waals surface area (Å²) in [5.74, 6) is 0.524. The number of hydrogen-bond donors (Lipinski definition) is 0. The molecule has 0 saturated heterocycles. The topological polar surface area (TPSA) is 17.1 Å². The Morgan fingerprint density at radius 3 is 2.33 bits per heavy atom. The predicted molar refractivity (Wildman–Crippen MR) is 66.7 cm³/mol. The van der Waals surface area contributed by atoms with E-state index in [4.69, 9.17) is 0 Å². The average Bonchev–Trinajstić information content (AvgIpc) is 2.22. The third kappa shape index (κ3) is 5.36. The summed E-state index contributed by atoms with van der Waals surface area (Å²) in [6, 6.07) is 0. The third-order valence-corrected chi connectivity index (χ3v) is 2.36. The molecule has 1 heteroatoms. The second kappa shape index (κ2) is 7.22. The SMILES string of the molecule is C=CC(=CC=CC)CC(C)C(=O)C(C)C. The molecule has 0 spiro atoms. The average molecular weight is 206 g/mol. The quantitative estimate of drug-likeness (QED) is 0.602. The highest BCUT2D eigenvalue weighted by atomic mass is 16.1. The fourth-order valence-electron chi connectivity index (χ4n) is 1.46. The first kappa shape index (κ1) is 13.9. The predicted octanol–water partition coefficient (Wildman–Crippen LogP) is 3.93. The third-order valence-electron chi connectivity index (χ3n) is 2.36. The molecular weight excluding hydrogens is 184 g/mol. The number of rotatable bonds is 6. The van der Waals surface area contributed by atoms with E-state index < -0.39 is 0 Å². The molecule has 0 aromatic carbocycles. The van der Waals surface area contributed by atoms with E-state index in [1.54, 1.807) is 0 Å². The molecule has 0 saturated carbocycles. The van der Waals surface area contributed by atoms with Crippen LogP contribution in [0.25, 0.3) is 0 Å². The van der Waals surface area contributed by atoms with E-state index in [0.29, 0.717) is 5.78 Å². The zero-order valence-corrected chi connectivity index (χ0v) is 10.3. The number of hydrogen-bond acceptors (Lipinski definition) is 1. The van der Waals surface area contributed by atoms with Crippen molar-refractivity contribution in [1.82, 2.24) is 0 Å². The van der Waals surface area contributed by atoms with Crippen LogP contribution in [0, 0.1) is 11.8 Å². The van der Waals surface area contributed by atoms with E-state index >= 15 is 0 Å². The molecular formula is C14H22O. The van der Waals surface area contributed by atoms with Gasteiger partial charge in [-0.05, 0) is 18.9 Å². The standard InChI is InChI=1S/C14H22O/c1-6-8-9-13(7-2)10-12(5)14(15)11(3)4/h6-9,11-12H,2,10H2,1,3-5H3. The van der Waals surface area contributed by atoms with Crippen LogP contribution in [-0.4, -0.2) is 5.78 Å². The van der Waals surface area contributed by atoms with E-state index in [2.05, 4.69) is 6.58 Å². The largest absolute Gasteiger partial charge is 0.299 e. The monoisotopic (exact) mass is 206 g/mol. The van der Waals surface area contributed by atoms with Gasteiger partial charge < -0.3 is 0 Å². The zero-order chi connectivity index (χ0) is 11.8. The van der Waals surface area contributed by atoms with Crippen LogP contribution in [0.2, 0.25) is 0 Å². The van der Waals surface area contributed by atoms with Crippen molar-refractivity contribution in [1.29, 1.82) is 0 Å². The van der Waals surface area contributed by atoms with Crippen molar-refractivity contribution in [2.24, 2.45) is 11.8 Å². The van der Waals surface area contributed by atoms with Crippen LogP contribution < -0.4 is 0 Å². The van der Waals surface area contributed by atoms with Crippen LogP contribution >= 0.6 is 0 Å². The first-order valence-electron chi connectivity index (χ1n) is 5.50. The van der Waals surface area contributed by atoms with Gasteiger partial charge in [0.1, 0.15) is 5.78 Å². The maximum Gasteiger partial charge on any atom is 0.138 e. The number of allylic oxidation sites excluding steroid dienone is 5. The fourth-order valence-corrected chi connectivity index (χ4v) is 1.46. The Hall–Kier alpha value is -1.11. The van der Waals surface area contributed by atoms with E-state index in [1.165, 1.54) is 0 Å².